The molecule has 11 atom stereocenters. The van der Waals surface area contributed by atoms with Crippen molar-refractivity contribution in [2.24, 2.45) is 22.2 Å². The summed E-state index contributed by atoms with van der Waals surface area (Å²) in [5.41, 5.74) is 21.8. The first-order valence-electron chi connectivity index (χ1n) is 31.7. The molecule has 34 nitrogen and oxygen atoms in total. The number of aromatic amines is 2. The van der Waals surface area contributed by atoms with Gasteiger partial charge >= 0.3 is 5.97 Å². The van der Waals surface area contributed by atoms with Gasteiger partial charge in [-0.2, -0.15) is 5.48 Å². The number of primary amides is 1. The van der Waals surface area contributed by atoms with E-state index in [0.717, 1.165) is 22.7 Å². The van der Waals surface area contributed by atoms with Gasteiger partial charge in [-0.05, 0) is 62.1 Å². The minimum absolute atomic E-state index is 0.00392. The number of aliphatic imine (C=N–C) groups is 1. The number of carbonyl (C=O) groups excluding carboxylic acids is 12. The molecule has 4 aromatic rings. The molecule has 2 aliphatic heterocycles. The van der Waals surface area contributed by atoms with Crippen molar-refractivity contribution >= 4 is 87.8 Å². The third kappa shape index (κ3) is 23.1. The zero-order valence-corrected chi connectivity index (χ0v) is 53.4. The van der Waals surface area contributed by atoms with Crippen LogP contribution in [0.5, 0.6) is 0 Å². The normalized spacial score (nSPS) is 21.7. The highest BCUT2D eigenvalue weighted by molar-refractivity contribution is 6.00. The van der Waals surface area contributed by atoms with Crippen molar-refractivity contribution in [2.45, 2.75) is 170 Å². The zero-order valence-electron chi connectivity index (χ0n) is 53.4. The average molecular weight is 1340 g/mol. The maximum absolute atomic E-state index is 15.1. The number of aromatic nitrogens is 3. The monoisotopic (exact) mass is 1340 g/mol. The van der Waals surface area contributed by atoms with Crippen molar-refractivity contribution < 1.29 is 77.7 Å². The summed E-state index contributed by atoms with van der Waals surface area (Å²) in [6.07, 6.45) is 2.05. The number of nitrogens with two attached hydrogens (primary N) is 3. The molecule has 2 aromatic heterocycles. The molecule has 0 radical (unpaired) electrons. The summed E-state index contributed by atoms with van der Waals surface area (Å²) in [6.45, 7) is 0.519. The molecule has 2 aromatic carbocycles. The number of amides is 11. The summed E-state index contributed by atoms with van der Waals surface area (Å²) in [4.78, 5) is 188. The molecule has 6 rings (SSSR count). The Balaban J connectivity index is 1.30. The van der Waals surface area contributed by atoms with E-state index in [1.165, 1.54) is 12.5 Å². The summed E-state index contributed by atoms with van der Waals surface area (Å²) in [5.74, 6) is -11.3. The number of benzene rings is 2. The highest BCUT2D eigenvalue weighted by Gasteiger charge is 2.44. The number of rotatable bonds is 25. The molecular formula is C62H88N18O16. The van der Waals surface area contributed by atoms with Gasteiger partial charge in [-0.15, -0.1) is 0 Å². The standard InChI is InChI=1S/C62H88N18O16/c1-3-4-16-42(74-59(93)49(32-82)79-57(91)47(26-37-29-66-33-69-37)77-58(92)48(31-81)71-34(2)83)53(87)75-44-20-21-51(85)96-70-23-11-10-18-41(52(63)86)72-56(90)46(25-36-28-68-40-17-9-8-15-39(36)40)76-54(88)43(19-12-22-67-62(64)65)73-55(89)45(24-35-13-6-5-7-14-35)78-60(94)50-27-38(84)30-80(50)61(44)95/h5-9,13-15,17,28-29,33,38,41-50,68,70,81-82,84H,3-4,10-12,16,18-27,30-32H2,1-2H3,(H2,63,86)(H,66,69)(H,71,83)(H,72,90)(H,73,89)(H,74,93)(H,75,87)(H,76,88)(H,77,92)(H,78,94)(H,79,91)(H4,64,65,67)/t38?,41-,42-,43-,44-,45+,46-,47-,48-,49-,50-/m0/s1. The predicted molar refractivity (Wildman–Crippen MR) is 344 cm³/mol. The number of fused-ring (bicyclic) bond motifs is 2. The summed E-state index contributed by atoms with van der Waals surface area (Å²) in [5, 5.41) is 55.2. The molecule has 21 N–H and O–H groups in total. The smallest absolute Gasteiger partial charge is 0.324 e. The van der Waals surface area contributed by atoms with Crippen LogP contribution in [-0.2, 0) is 81.6 Å². The summed E-state index contributed by atoms with van der Waals surface area (Å²) in [7, 11) is 0. The quantitative estimate of drug-likeness (QED) is 0.0168. The topological polar surface area (TPSA) is 533 Å². The molecule has 0 saturated carbocycles. The van der Waals surface area contributed by atoms with Gasteiger partial charge in [-0.25, -0.2) is 4.98 Å². The SMILES string of the molecule is CCCC[C@H](NC(=O)[C@H](CO)NC(=O)[C@H](Cc1cnc[nH]1)NC(=O)[C@H](CO)NC(C)=O)C(=O)N[C@H]1CCC(=O)ONCCCC[C@@H](C(N)=O)NC(=O)[C@H](Cc2c[nH]c3ccccc23)NC(=O)[C@H](CCCN=C(N)N)NC(=O)[C@@H](Cc2ccccc2)NC(=O)[C@@H]2CC(O)CN2C1=O. The van der Waals surface area contributed by atoms with Crippen molar-refractivity contribution in [1.29, 1.82) is 0 Å². The zero-order chi connectivity index (χ0) is 69.8. The Morgan fingerprint density at radius 2 is 1.36 bits per heavy atom. The summed E-state index contributed by atoms with van der Waals surface area (Å²) >= 11 is 0. The van der Waals surface area contributed by atoms with Gasteiger partial charge in [0.15, 0.2) is 5.96 Å². The van der Waals surface area contributed by atoms with Crippen LogP contribution in [0.25, 0.3) is 10.9 Å². The molecule has 522 valence electrons. The molecule has 2 fully saturated rings. The Morgan fingerprint density at radius 3 is 2.04 bits per heavy atom. The van der Waals surface area contributed by atoms with Gasteiger partial charge in [0.25, 0.3) is 0 Å². The number of H-pyrrole nitrogens is 2. The number of carbonyl (C=O) groups is 12. The van der Waals surface area contributed by atoms with Gasteiger partial charge in [0, 0.05) is 87.7 Å². The van der Waals surface area contributed by atoms with Gasteiger partial charge < -0.3 is 100 Å². The van der Waals surface area contributed by atoms with E-state index in [2.05, 4.69) is 73.3 Å². The van der Waals surface area contributed by atoms with E-state index in [1.807, 2.05) is 18.2 Å². The average Bonchev–Trinajstić information content (AvgIpc) is 1.71. The maximum atomic E-state index is 15.1. The summed E-state index contributed by atoms with van der Waals surface area (Å²) < 4.78 is 0. The minimum atomic E-state index is -1.78. The van der Waals surface area contributed by atoms with E-state index < -0.39 is 170 Å². The number of para-hydroxylation sites is 1. The van der Waals surface area contributed by atoms with Crippen LogP contribution >= 0.6 is 0 Å². The largest absolute Gasteiger partial charge is 0.394 e. The molecule has 0 aliphatic carbocycles. The van der Waals surface area contributed by atoms with Crippen molar-refractivity contribution in [3.63, 3.8) is 0 Å². The van der Waals surface area contributed by atoms with E-state index in [1.54, 1.807) is 49.5 Å². The first kappa shape index (κ1) is 75.0. The van der Waals surface area contributed by atoms with Crippen molar-refractivity contribution in [2.75, 3.05) is 32.8 Å². The minimum Gasteiger partial charge on any atom is -0.394 e. The lowest BCUT2D eigenvalue weighted by Gasteiger charge is -2.31. The number of aliphatic hydroxyl groups is 3. The Hall–Kier alpha value is -10.1. The molecule has 0 bridgehead atoms. The predicted octanol–water partition coefficient (Wildman–Crippen LogP) is -5.01. The van der Waals surface area contributed by atoms with Crippen LogP contribution in [0.2, 0.25) is 0 Å². The lowest BCUT2D eigenvalue weighted by atomic mass is 10.0. The fourth-order valence-corrected chi connectivity index (χ4v) is 10.9. The third-order valence-electron chi connectivity index (χ3n) is 16.0. The fraction of sp³-hybridized carbons (Fsp3) is 0.516. The number of hydrogen-bond donors (Lipinski definition) is 18. The lowest BCUT2D eigenvalue weighted by Crippen LogP contribution is -2.61. The van der Waals surface area contributed by atoms with Gasteiger partial charge in [0.05, 0.1) is 25.6 Å². The highest BCUT2D eigenvalue weighted by Crippen LogP contribution is 2.23. The maximum Gasteiger partial charge on any atom is 0.324 e. The molecule has 2 saturated heterocycles. The Morgan fingerprint density at radius 1 is 0.729 bits per heavy atom. The number of guanidine groups is 1. The van der Waals surface area contributed by atoms with Crippen molar-refractivity contribution in [3.8, 4) is 0 Å². The number of unbranched alkanes of at least 4 members (excludes halogenated alkanes) is 1. The van der Waals surface area contributed by atoms with E-state index in [9.17, 15) is 68.1 Å². The fourth-order valence-electron chi connectivity index (χ4n) is 10.9. The van der Waals surface area contributed by atoms with Gasteiger partial charge in [-0.1, -0.05) is 68.3 Å². The second kappa shape index (κ2) is 37.7. The second-order valence-corrected chi connectivity index (χ2v) is 23.4. The van der Waals surface area contributed by atoms with E-state index in [0.29, 0.717) is 23.2 Å². The molecule has 11 amide bonds. The molecular weight excluding hydrogens is 1250 g/mol. The number of hydroxylamine groups is 1. The number of aliphatic hydroxyl groups excluding tert-OH is 3. The molecule has 2 aliphatic rings. The van der Waals surface area contributed by atoms with Gasteiger partial charge in [-0.3, -0.25) is 62.5 Å². The lowest BCUT2D eigenvalue weighted by molar-refractivity contribution is -0.152. The van der Waals surface area contributed by atoms with Crippen LogP contribution in [0, 0.1) is 0 Å². The van der Waals surface area contributed by atoms with Gasteiger partial charge in [0.1, 0.15) is 60.4 Å². The number of imidazole rings is 1. The van der Waals surface area contributed by atoms with Crippen molar-refractivity contribution in [1.82, 2.24) is 73.2 Å². The van der Waals surface area contributed by atoms with E-state index in [4.69, 9.17) is 22.0 Å². The van der Waals surface area contributed by atoms with Crippen molar-refractivity contribution in [3.05, 3.63) is 90.1 Å². The van der Waals surface area contributed by atoms with E-state index >= 15 is 4.79 Å². The first-order valence-corrected chi connectivity index (χ1v) is 31.7. The van der Waals surface area contributed by atoms with Crippen LogP contribution in [0.3, 0.4) is 0 Å². The van der Waals surface area contributed by atoms with Crippen LogP contribution in [0.15, 0.2) is 78.3 Å². The molecule has 96 heavy (non-hydrogen) atoms. The van der Waals surface area contributed by atoms with Gasteiger partial charge in [0.2, 0.25) is 65.0 Å². The van der Waals surface area contributed by atoms with Crippen LogP contribution in [0.4, 0.5) is 0 Å². The highest BCUT2D eigenvalue weighted by atomic mass is 16.7. The molecule has 4 heterocycles. The third-order valence-corrected chi connectivity index (χ3v) is 16.0. The Kier molecular flexibility index (Phi) is 29.5. The van der Waals surface area contributed by atoms with Crippen LogP contribution < -0.4 is 70.5 Å². The number of hydrogen-bond acceptors (Lipinski definition) is 19. The Bertz CT molecular complexity index is 3350. The summed E-state index contributed by atoms with van der Waals surface area (Å²) in [6, 6.07) is 0.561. The molecule has 1 unspecified atom stereocenters. The van der Waals surface area contributed by atoms with E-state index in [-0.39, 0.29) is 89.7 Å². The second-order valence-electron chi connectivity index (χ2n) is 23.4. The number of nitrogens with zero attached hydrogens (tertiary/aromatic N) is 3. The number of nitrogens with one attached hydrogen (secondary N) is 12. The van der Waals surface area contributed by atoms with Crippen LogP contribution in [-0.4, -0.2) is 211 Å². The molecule has 34 heteroatoms. The first-order chi connectivity index (χ1) is 46.0. The Labute approximate surface area is 552 Å². The van der Waals surface area contributed by atoms with Crippen LogP contribution in [0.1, 0.15) is 101 Å². The molecule has 0 spiro atoms.